The summed E-state index contributed by atoms with van der Waals surface area (Å²) in [5, 5.41) is 16.4. The Morgan fingerprint density at radius 1 is 1.33 bits per heavy atom. The normalized spacial score (nSPS) is 20.7. The van der Waals surface area contributed by atoms with E-state index in [1.807, 2.05) is 12.1 Å². The number of benzene rings is 1. The molecule has 1 aliphatic heterocycles. The molecule has 1 aliphatic rings. The number of piperazine rings is 1. The van der Waals surface area contributed by atoms with Crippen molar-refractivity contribution < 1.29 is 5.11 Å². The summed E-state index contributed by atoms with van der Waals surface area (Å²) < 4.78 is 0.905. The first-order valence-corrected chi connectivity index (χ1v) is 5.49. The summed E-state index contributed by atoms with van der Waals surface area (Å²) in [4.78, 5) is 0. The van der Waals surface area contributed by atoms with Crippen molar-refractivity contribution in [2.45, 2.75) is 6.04 Å². The number of aromatic hydroxyl groups is 1. The molecule has 0 saturated carbocycles. The molecule has 3 nitrogen and oxygen atoms in total. The van der Waals surface area contributed by atoms with Crippen molar-refractivity contribution in [2.24, 2.45) is 0 Å². The van der Waals surface area contributed by atoms with Gasteiger partial charge in [-0.05, 0) is 12.1 Å². The van der Waals surface area contributed by atoms with E-state index in [1.165, 1.54) is 0 Å². The number of phenolic OH excluding ortho intramolecular Hbond substituents is 1. The third-order valence-corrected chi connectivity index (χ3v) is 2.90. The summed E-state index contributed by atoms with van der Waals surface area (Å²) >= 11 is 3.32. The van der Waals surface area contributed by atoms with Gasteiger partial charge in [0, 0.05) is 35.7 Å². The van der Waals surface area contributed by atoms with Crippen LogP contribution < -0.4 is 10.6 Å². The van der Waals surface area contributed by atoms with Crippen LogP contribution in [0, 0.1) is 0 Å². The van der Waals surface area contributed by atoms with E-state index in [0.717, 1.165) is 29.7 Å². The molecule has 1 atom stereocenters. The largest absolute Gasteiger partial charge is 0.508 e. The number of phenols is 1. The first-order chi connectivity index (χ1) is 6.77. The van der Waals surface area contributed by atoms with Crippen LogP contribution in [0.1, 0.15) is 11.6 Å². The van der Waals surface area contributed by atoms with Gasteiger partial charge in [0.1, 0.15) is 5.75 Å². The van der Waals surface area contributed by atoms with E-state index in [2.05, 4.69) is 26.6 Å². The fourth-order valence-corrected chi connectivity index (χ4v) is 2.03. The summed E-state index contributed by atoms with van der Waals surface area (Å²) in [6, 6.07) is 5.85. The van der Waals surface area contributed by atoms with Crippen molar-refractivity contribution in [1.82, 2.24) is 10.6 Å². The molecule has 0 spiro atoms. The van der Waals surface area contributed by atoms with Gasteiger partial charge < -0.3 is 15.7 Å². The standard InChI is InChI=1S/C10H13BrN2O.ClH/c11-7-1-2-8(10(14)5-7)9-6-12-3-4-13-9;/h1-2,5,9,12-14H,3-4,6H2;1H/t9-;/m0./s1. The Kier molecular flexibility index (Phi) is 4.86. The minimum absolute atomic E-state index is 0. The van der Waals surface area contributed by atoms with Crippen molar-refractivity contribution in [3.8, 4) is 5.75 Å². The zero-order valence-electron chi connectivity index (χ0n) is 8.16. The first kappa shape index (κ1) is 12.8. The lowest BCUT2D eigenvalue weighted by Gasteiger charge is -2.25. The molecule has 0 unspecified atom stereocenters. The van der Waals surface area contributed by atoms with E-state index in [1.54, 1.807) is 6.07 Å². The quantitative estimate of drug-likeness (QED) is 0.740. The molecular weight excluding hydrogens is 279 g/mol. The summed E-state index contributed by atoms with van der Waals surface area (Å²) in [5.41, 5.74) is 0.959. The maximum absolute atomic E-state index is 9.75. The van der Waals surface area contributed by atoms with Gasteiger partial charge in [0.25, 0.3) is 0 Å². The Morgan fingerprint density at radius 3 is 2.73 bits per heavy atom. The van der Waals surface area contributed by atoms with E-state index in [9.17, 15) is 5.11 Å². The lowest BCUT2D eigenvalue weighted by atomic mass is 10.0. The van der Waals surface area contributed by atoms with Gasteiger partial charge in [-0.3, -0.25) is 0 Å². The summed E-state index contributed by atoms with van der Waals surface area (Å²) in [7, 11) is 0. The lowest BCUT2D eigenvalue weighted by molar-refractivity contribution is 0.404. The lowest BCUT2D eigenvalue weighted by Crippen LogP contribution is -2.42. The Morgan fingerprint density at radius 2 is 2.13 bits per heavy atom. The van der Waals surface area contributed by atoms with E-state index in [0.29, 0.717) is 5.75 Å². The van der Waals surface area contributed by atoms with Crippen molar-refractivity contribution in [3.05, 3.63) is 28.2 Å². The molecule has 0 bridgehead atoms. The van der Waals surface area contributed by atoms with Crippen LogP contribution in [0.3, 0.4) is 0 Å². The van der Waals surface area contributed by atoms with Crippen LogP contribution >= 0.6 is 28.3 Å². The second-order valence-corrected chi connectivity index (χ2v) is 4.33. The third-order valence-electron chi connectivity index (χ3n) is 2.41. The molecular formula is C10H14BrClN2O. The molecule has 1 heterocycles. The van der Waals surface area contributed by atoms with Crippen LogP contribution in [0.2, 0.25) is 0 Å². The monoisotopic (exact) mass is 292 g/mol. The highest BCUT2D eigenvalue weighted by atomic mass is 79.9. The molecule has 15 heavy (non-hydrogen) atoms. The number of hydrogen-bond acceptors (Lipinski definition) is 3. The SMILES string of the molecule is Cl.Oc1cc(Br)ccc1[C@@H]1CNCCN1. The Bertz CT molecular complexity index is 329. The number of halogens is 2. The van der Waals surface area contributed by atoms with Gasteiger partial charge in [-0.15, -0.1) is 12.4 Å². The highest BCUT2D eigenvalue weighted by Crippen LogP contribution is 2.27. The van der Waals surface area contributed by atoms with Crippen molar-refractivity contribution >= 4 is 28.3 Å². The maximum Gasteiger partial charge on any atom is 0.121 e. The Labute approximate surface area is 104 Å². The smallest absolute Gasteiger partial charge is 0.121 e. The van der Waals surface area contributed by atoms with Gasteiger partial charge in [-0.1, -0.05) is 22.0 Å². The molecule has 3 N–H and O–H groups in total. The van der Waals surface area contributed by atoms with Gasteiger partial charge in [0.2, 0.25) is 0 Å². The highest BCUT2D eigenvalue weighted by molar-refractivity contribution is 9.10. The van der Waals surface area contributed by atoms with Crippen LogP contribution in [0.5, 0.6) is 5.75 Å². The fourth-order valence-electron chi connectivity index (χ4n) is 1.68. The molecule has 0 radical (unpaired) electrons. The molecule has 1 fully saturated rings. The Hall–Kier alpha value is -0.290. The van der Waals surface area contributed by atoms with Crippen LogP contribution in [-0.4, -0.2) is 24.7 Å². The van der Waals surface area contributed by atoms with Crippen LogP contribution in [0.4, 0.5) is 0 Å². The highest BCUT2D eigenvalue weighted by Gasteiger charge is 2.17. The molecule has 2 rings (SSSR count). The third kappa shape index (κ3) is 3.08. The second-order valence-electron chi connectivity index (χ2n) is 3.41. The minimum atomic E-state index is 0. The van der Waals surface area contributed by atoms with Gasteiger partial charge in [-0.2, -0.15) is 0 Å². The average molecular weight is 294 g/mol. The van der Waals surface area contributed by atoms with E-state index < -0.39 is 0 Å². The van der Waals surface area contributed by atoms with E-state index in [4.69, 9.17) is 0 Å². The average Bonchev–Trinajstić information content (AvgIpc) is 2.19. The molecule has 1 saturated heterocycles. The Balaban J connectivity index is 0.00000112. The topological polar surface area (TPSA) is 44.3 Å². The summed E-state index contributed by atoms with van der Waals surface area (Å²) in [6.45, 7) is 2.81. The molecule has 84 valence electrons. The molecule has 0 aromatic heterocycles. The van der Waals surface area contributed by atoms with Crippen molar-refractivity contribution in [3.63, 3.8) is 0 Å². The predicted molar refractivity (Wildman–Crippen MR) is 66.7 cm³/mol. The molecule has 0 amide bonds. The number of nitrogens with one attached hydrogen (secondary N) is 2. The maximum atomic E-state index is 9.75. The molecule has 1 aromatic carbocycles. The van der Waals surface area contributed by atoms with Crippen molar-refractivity contribution in [1.29, 1.82) is 0 Å². The number of hydrogen-bond donors (Lipinski definition) is 3. The van der Waals surface area contributed by atoms with Gasteiger partial charge in [-0.25, -0.2) is 0 Å². The van der Waals surface area contributed by atoms with Gasteiger partial charge in [0.05, 0.1) is 0 Å². The van der Waals surface area contributed by atoms with Crippen molar-refractivity contribution in [2.75, 3.05) is 19.6 Å². The fraction of sp³-hybridized carbons (Fsp3) is 0.400. The summed E-state index contributed by atoms with van der Waals surface area (Å²) in [5.74, 6) is 0.348. The zero-order valence-corrected chi connectivity index (χ0v) is 10.6. The van der Waals surface area contributed by atoms with Crippen LogP contribution in [0.25, 0.3) is 0 Å². The molecule has 0 aliphatic carbocycles. The minimum Gasteiger partial charge on any atom is -0.508 e. The molecule has 1 aromatic rings. The van der Waals surface area contributed by atoms with Crippen LogP contribution in [-0.2, 0) is 0 Å². The summed E-state index contributed by atoms with van der Waals surface area (Å²) in [6.07, 6.45) is 0. The molecule has 5 heteroatoms. The predicted octanol–water partition coefficient (Wildman–Crippen LogP) is 1.81. The number of rotatable bonds is 1. The van der Waals surface area contributed by atoms with E-state index >= 15 is 0 Å². The van der Waals surface area contributed by atoms with E-state index in [-0.39, 0.29) is 18.4 Å². The zero-order chi connectivity index (χ0) is 9.97. The second kappa shape index (κ2) is 5.70. The first-order valence-electron chi connectivity index (χ1n) is 4.70. The van der Waals surface area contributed by atoms with Gasteiger partial charge >= 0.3 is 0 Å². The van der Waals surface area contributed by atoms with Crippen LogP contribution in [0.15, 0.2) is 22.7 Å². The van der Waals surface area contributed by atoms with Gasteiger partial charge in [0.15, 0.2) is 0 Å².